The first-order chi connectivity index (χ1) is 6.38. The van der Waals surface area contributed by atoms with E-state index in [4.69, 9.17) is 0 Å². The molecule has 0 aliphatic heterocycles. The number of hydrogen-bond acceptors (Lipinski definition) is 1. The van der Waals surface area contributed by atoms with Gasteiger partial charge in [-0.15, -0.1) is 0 Å². The number of Topliss-reactive ketones (excluding diaryl/α,β-unsaturated/α-hetero) is 1. The Kier molecular flexibility index (Phi) is 4.38. The van der Waals surface area contributed by atoms with Crippen molar-refractivity contribution in [2.24, 2.45) is 0 Å². The second kappa shape index (κ2) is 4.93. The average Bonchev–Trinajstić information content (AvgIpc) is 2.02. The Morgan fingerprint density at radius 1 is 1.29 bits per heavy atom. The molecule has 0 unspecified atom stereocenters. The van der Waals surface area contributed by atoms with Crippen LogP contribution >= 0.6 is 30.0 Å². The molecule has 0 saturated carbocycles. The summed E-state index contributed by atoms with van der Waals surface area (Å²) < 4.78 is 1.01. The van der Waals surface area contributed by atoms with Crippen molar-refractivity contribution in [1.82, 2.24) is 0 Å². The number of carbonyl (C=O) groups is 1. The fourth-order valence-electron chi connectivity index (χ4n) is 1.03. The molecule has 0 atom stereocenters. The quantitative estimate of drug-likeness (QED) is 0.561. The van der Waals surface area contributed by atoms with Gasteiger partial charge in [0.2, 0.25) is 0 Å². The molecule has 78 valence electrons. The molecule has 0 aliphatic rings. The van der Waals surface area contributed by atoms with Crippen LogP contribution in [0.4, 0.5) is 0 Å². The van der Waals surface area contributed by atoms with Crippen molar-refractivity contribution in [2.45, 2.75) is 17.0 Å². The van der Waals surface area contributed by atoms with E-state index in [9.17, 15) is 4.79 Å². The Hall–Kier alpha value is 0.369. The second-order valence-electron chi connectivity index (χ2n) is 3.48. The van der Waals surface area contributed by atoms with Crippen LogP contribution in [0.25, 0.3) is 0 Å². The summed E-state index contributed by atoms with van der Waals surface area (Å²) in [4.78, 5) is 11.8. The molecule has 0 spiro atoms. The van der Waals surface area contributed by atoms with Gasteiger partial charge < -0.3 is 0 Å². The van der Waals surface area contributed by atoms with E-state index in [1.807, 2.05) is 24.3 Å². The van der Waals surface area contributed by atoms with Crippen LogP contribution in [0.2, 0.25) is 17.0 Å². The number of carbonyl (C=O) groups excluding carboxylic acids is 1. The Bertz CT molecular complexity index is 327. The molecule has 0 saturated heterocycles. The van der Waals surface area contributed by atoms with Gasteiger partial charge in [0.25, 0.3) is 0 Å². The van der Waals surface area contributed by atoms with Crippen molar-refractivity contribution in [3.63, 3.8) is 0 Å². The van der Waals surface area contributed by atoms with Gasteiger partial charge in [-0.2, -0.15) is 0 Å². The molecule has 0 radical (unpaired) electrons. The molecule has 0 bridgehead atoms. The summed E-state index contributed by atoms with van der Waals surface area (Å²) in [6.45, 7) is 0. The summed E-state index contributed by atoms with van der Waals surface area (Å²) in [7, 11) is 0. The van der Waals surface area contributed by atoms with Crippen LogP contribution in [-0.2, 0) is 0 Å². The summed E-state index contributed by atoms with van der Waals surface area (Å²) in [6, 6.07) is 7.53. The molecule has 14 heavy (non-hydrogen) atoms. The Labute approximate surface area is 102 Å². The molecule has 1 rings (SSSR count). The zero-order valence-corrected chi connectivity index (χ0v) is 13.0. The first-order valence-corrected chi connectivity index (χ1v) is 13.5. The summed E-state index contributed by atoms with van der Waals surface area (Å²) in [6.07, 6.45) is 0. The number of hydrogen-bond donors (Lipinski definition) is 0. The zero-order chi connectivity index (χ0) is 10.8. The summed E-state index contributed by atoms with van der Waals surface area (Å²) in [5.41, 5.74) is 0.804. The van der Waals surface area contributed by atoms with E-state index in [-0.39, 0.29) is 5.78 Å². The molecule has 0 amide bonds. The summed E-state index contributed by atoms with van der Waals surface area (Å²) >= 11 is 5.33. The number of rotatable bonds is 3. The summed E-state index contributed by atoms with van der Waals surface area (Å²) in [5, 5.41) is 0.665. The molecule has 4 heteroatoms. The minimum absolute atomic E-state index is 0.236. The average molecular weight is 387 g/mol. The fourth-order valence-corrected chi connectivity index (χ4v) is 4.03. The molecule has 0 fully saturated rings. The van der Waals surface area contributed by atoms with E-state index in [0.29, 0.717) is 5.32 Å². The zero-order valence-electron chi connectivity index (χ0n) is 8.09. The van der Waals surface area contributed by atoms with Crippen molar-refractivity contribution in [3.05, 3.63) is 34.3 Å². The van der Waals surface area contributed by atoms with E-state index in [1.54, 1.807) is 0 Å². The van der Waals surface area contributed by atoms with Gasteiger partial charge in [0.1, 0.15) is 0 Å². The Morgan fingerprint density at radius 3 is 2.21 bits per heavy atom. The number of halogens is 2. The fraction of sp³-hybridized carbons (Fsp3) is 0.300. The molecule has 1 nitrogen and oxygen atoms in total. The second-order valence-corrected chi connectivity index (χ2v) is 20.0. The maximum absolute atomic E-state index is 11.8. The van der Waals surface area contributed by atoms with Crippen LogP contribution in [0.15, 0.2) is 28.7 Å². The Morgan fingerprint density at radius 2 is 1.79 bits per heavy atom. The first kappa shape index (κ1) is 12.4. The monoisotopic (exact) mass is 386 g/mol. The van der Waals surface area contributed by atoms with Crippen molar-refractivity contribution in [1.29, 1.82) is 0 Å². The molecule has 1 aromatic rings. The Balaban J connectivity index is 2.76. The van der Waals surface area contributed by atoms with Gasteiger partial charge in [0.05, 0.1) is 0 Å². The van der Waals surface area contributed by atoms with Gasteiger partial charge >= 0.3 is 103 Å². The van der Waals surface area contributed by atoms with E-state index >= 15 is 0 Å². The third-order valence-electron chi connectivity index (χ3n) is 1.64. The molecular weight excluding hydrogens is 375 g/mol. The van der Waals surface area contributed by atoms with Crippen molar-refractivity contribution < 1.29 is 4.79 Å². The molecule has 0 heterocycles. The van der Waals surface area contributed by atoms with Crippen LogP contribution in [0.5, 0.6) is 0 Å². The van der Waals surface area contributed by atoms with E-state index < -0.39 is 11.0 Å². The van der Waals surface area contributed by atoms with Crippen molar-refractivity contribution in [3.8, 4) is 0 Å². The van der Waals surface area contributed by atoms with Crippen molar-refractivity contribution >= 4 is 46.9 Å². The topological polar surface area (TPSA) is 17.1 Å². The van der Waals surface area contributed by atoms with Gasteiger partial charge in [-0.1, -0.05) is 0 Å². The summed E-state index contributed by atoms with van der Waals surface area (Å²) in [5.74, 6) is 4.53. The molecular formula is C10H12Br2OSe. The van der Waals surface area contributed by atoms with Crippen molar-refractivity contribution in [2.75, 3.05) is 0 Å². The van der Waals surface area contributed by atoms with E-state index in [0.717, 1.165) is 10.0 Å². The van der Waals surface area contributed by atoms with E-state index in [2.05, 4.69) is 41.7 Å². The minimum atomic E-state index is -1.63. The van der Waals surface area contributed by atoms with Gasteiger partial charge in [0, 0.05) is 0 Å². The predicted molar refractivity (Wildman–Crippen MR) is 69.7 cm³/mol. The number of ketones is 1. The van der Waals surface area contributed by atoms with Gasteiger partial charge in [0.15, 0.2) is 0 Å². The molecule has 0 aliphatic carbocycles. The van der Waals surface area contributed by atoms with Crippen LogP contribution in [0.3, 0.4) is 0 Å². The molecule has 1 aromatic carbocycles. The third kappa shape index (κ3) is 4.26. The van der Waals surface area contributed by atoms with Crippen LogP contribution in [0, 0.1) is 0 Å². The standard InChI is InChI=1S/C10H12Br2OSe/c1-14(2,12)7-10(13)8-3-5-9(11)6-4-8/h3-6H,7H2,1-2H3. The van der Waals surface area contributed by atoms with Gasteiger partial charge in [-0.25, -0.2) is 0 Å². The molecule has 0 N–H and O–H groups in total. The SMILES string of the molecule is C[Se](C)(Br)CC(=O)c1ccc(Br)cc1. The third-order valence-corrected chi connectivity index (χ3v) is 5.35. The van der Waals surface area contributed by atoms with Gasteiger partial charge in [-0.05, 0) is 0 Å². The van der Waals surface area contributed by atoms with Crippen LogP contribution in [0.1, 0.15) is 10.4 Å². The van der Waals surface area contributed by atoms with Crippen LogP contribution in [-0.4, -0.2) is 16.8 Å². The van der Waals surface area contributed by atoms with Gasteiger partial charge in [-0.3, -0.25) is 0 Å². The van der Waals surface area contributed by atoms with Crippen LogP contribution < -0.4 is 0 Å². The first-order valence-electron chi connectivity index (χ1n) is 4.08. The maximum atomic E-state index is 11.8. The van der Waals surface area contributed by atoms with E-state index in [1.165, 1.54) is 0 Å². The number of benzene rings is 1. The molecule has 0 aromatic heterocycles. The predicted octanol–water partition coefficient (Wildman–Crippen LogP) is 4.23. The normalized spacial score (nSPS) is 12.6.